The number of benzene rings is 2. The van der Waals surface area contributed by atoms with Crippen molar-refractivity contribution in [3.8, 4) is 0 Å². The van der Waals surface area contributed by atoms with Gasteiger partial charge in [0.05, 0.1) is 18.4 Å². The fourth-order valence-corrected chi connectivity index (χ4v) is 6.93. The number of amides is 3. The van der Waals surface area contributed by atoms with Crippen molar-refractivity contribution in [3.05, 3.63) is 54.4 Å². The van der Waals surface area contributed by atoms with Gasteiger partial charge in [-0.3, -0.25) is 4.79 Å². The molecule has 1 unspecified atom stereocenters. The van der Waals surface area contributed by atoms with Crippen LogP contribution in [0.3, 0.4) is 0 Å². The van der Waals surface area contributed by atoms with E-state index in [4.69, 9.17) is 9.97 Å². The number of carbonyl (C=O) groups is 2. The van der Waals surface area contributed by atoms with Crippen LogP contribution in [-0.4, -0.2) is 98.2 Å². The Kier molecular flexibility index (Phi) is 8.80. The first kappa shape index (κ1) is 31.1. The zero-order valence-electron chi connectivity index (χ0n) is 26.4. The third-order valence-corrected chi connectivity index (χ3v) is 9.56. The molecule has 14 heteroatoms. The highest BCUT2D eigenvalue weighted by molar-refractivity contribution is 5.85. The Morgan fingerprint density at radius 3 is 2.64 bits per heavy atom. The Hall–Kier alpha value is -4.53. The smallest absolute Gasteiger partial charge is 0.315 e. The van der Waals surface area contributed by atoms with Gasteiger partial charge in [-0.15, -0.1) is 0 Å². The predicted octanol–water partition coefficient (Wildman–Crippen LogP) is 1.39. The second-order valence-electron chi connectivity index (χ2n) is 12.8. The summed E-state index contributed by atoms with van der Waals surface area (Å²) < 4.78 is 1.78. The lowest BCUT2D eigenvalue weighted by molar-refractivity contribution is -0.122. The van der Waals surface area contributed by atoms with Gasteiger partial charge < -0.3 is 46.3 Å². The van der Waals surface area contributed by atoms with Crippen molar-refractivity contribution in [2.45, 2.75) is 75.5 Å². The van der Waals surface area contributed by atoms with E-state index in [9.17, 15) is 19.8 Å². The fourth-order valence-electron chi connectivity index (χ4n) is 6.93. The summed E-state index contributed by atoms with van der Waals surface area (Å²) in [6.45, 7) is 5.11. The van der Waals surface area contributed by atoms with E-state index in [0.717, 1.165) is 36.9 Å². The average Bonchev–Trinajstić information content (AvgIpc) is 3.89. The quantitative estimate of drug-likeness (QED) is 0.141. The molecule has 7 N–H and O–H groups in total. The molecule has 47 heavy (non-hydrogen) atoms. The van der Waals surface area contributed by atoms with Crippen molar-refractivity contribution in [1.29, 1.82) is 0 Å². The van der Waals surface area contributed by atoms with E-state index < -0.39 is 24.3 Å². The van der Waals surface area contributed by atoms with Crippen molar-refractivity contribution < 1.29 is 19.8 Å². The van der Waals surface area contributed by atoms with Gasteiger partial charge in [-0.1, -0.05) is 43.3 Å². The Balaban J connectivity index is 1.16. The van der Waals surface area contributed by atoms with Crippen LogP contribution in [0, 0.1) is 0 Å². The van der Waals surface area contributed by atoms with E-state index in [1.165, 1.54) is 5.39 Å². The monoisotopic (exact) mass is 642 g/mol. The van der Waals surface area contributed by atoms with Crippen LogP contribution in [0.1, 0.15) is 44.2 Å². The van der Waals surface area contributed by atoms with Crippen LogP contribution in [0.2, 0.25) is 0 Å². The lowest BCUT2D eigenvalue weighted by atomic mass is 10.1. The molecule has 2 aliphatic heterocycles. The molecule has 7 rings (SSSR count). The highest BCUT2D eigenvalue weighted by Gasteiger charge is 2.44. The van der Waals surface area contributed by atoms with Gasteiger partial charge in [-0.25, -0.2) is 9.78 Å². The Labute approximate surface area is 272 Å². The molecule has 4 heterocycles. The summed E-state index contributed by atoms with van der Waals surface area (Å²) in [5.74, 6) is 0.838. The summed E-state index contributed by atoms with van der Waals surface area (Å²) in [5, 5.41) is 39.9. The van der Waals surface area contributed by atoms with Crippen LogP contribution < -0.4 is 31.5 Å². The van der Waals surface area contributed by atoms with E-state index in [1.54, 1.807) is 17.8 Å². The summed E-state index contributed by atoms with van der Waals surface area (Å²) in [4.78, 5) is 41.3. The van der Waals surface area contributed by atoms with Gasteiger partial charge in [0.15, 0.2) is 17.0 Å². The molecular formula is C33H42N10O4. The predicted molar refractivity (Wildman–Crippen MR) is 178 cm³/mol. The molecule has 1 aliphatic carbocycles. The first-order valence-electron chi connectivity index (χ1n) is 16.5. The normalized spacial score (nSPS) is 25.8. The summed E-state index contributed by atoms with van der Waals surface area (Å²) in [5.41, 5.74) is 2.13. The maximum absolute atomic E-state index is 12.7. The molecular weight excluding hydrogens is 600 g/mol. The number of aromatic nitrogens is 4. The summed E-state index contributed by atoms with van der Waals surface area (Å²) >= 11 is 0. The number of imidazole rings is 1. The first-order chi connectivity index (χ1) is 22.9. The summed E-state index contributed by atoms with van der Waals surface area (Å²) in [7, 11) is 0. The van der Waals surface area contributed by atoms with Crippen LogP contribution >= 0.6 is 0 Å². The Morgan fingerprint density at radius 2 is 1.83 bits per heavy atom. The number of anilines is 2. The molecule has 3 fully saturated rings. The molecule has 0 bridgehead atoms. The maximum Gasteiger partial charge on any atom is 0.315 e. The van der Waals surface area contributed by atoms with E-state index in [-0.39, 0.29) is 30.4 Å². The highest BCUT2D eigenvalue weighted by Crippen LogP contribution is 2.35. The molecule has 14 nitrogen and oxygen atoms in total. The molecule has 2 aromatic heterocycles. The SMILES string of the molecule is CCC(=O)N[C@H]1CC(n2cnc3c(NCc4ccc5ccccc5c4)nc(N4CC[C@@H](NC(=O)N[C@H]5CCNC5)C4)nc32)[C@H](O)[C@@H]1O. The highest BCUT2D eigenvalue weighted by atomic mass is 16.3. The Morgan fingerprint density at radius 1 is 1.00 bits per heavy atom. The standard InChI is InChI=1S/C33H42N10O4/c1-2-26(44)39-24-14-25(29(46)28(24)45)43-18-36-27-30(35-15-19-7-8-20-5-3-4-6-21(20)13-19)40-32(41-31(27)43)42-12-10-23(17-42)38-33(47)37-22-9-11-34-16-22/h3-8,13,18,22-25,28-29,34,45-46H,2,9-12,14-17H2,1H3,(H,39,44)(H,35,40,41)(H2,37,38,47)/t22-,23+,24-,25?,28+,29-/m0/s1. The lowest BCUT2D eigenvalue weighted by Gasteiger charge is -2.21. The topological polar surface area (TPSA) is 182 Å². The number of nitrogens with one attached hydrogen (secondary N) is 5. The number of hydrogen-bond donors (Lipinski definition) is 7. The molecule has 3 amide bonds. The summed E-state index contributed by atoms with van der Waals surface area (Å²) in [6.07, 6.45) is 1.62. The third-order valence-electron chi connectivity index (χ3n) is 9.56. The van der Waals surface area contributed by atoms with Crippen molar-refractivity contribution in [2.75, 3.05) is 36.4 Å². The fraction of sp³-hybridized carbons (Fsp3) is 0.485. The minimum Gasteiger partial charge on any atom is -0.388 e. The van der Waals surface area contributed by atoms with Gasteiger partial charge in [0, 0.05) is 44.7 Å². The first-order valence-corrected chi connectivity index (χ1v) is 16.5. The molecule has 1 saturated carbocycles. The Bertz CT molecular complexity index is 1760. The van der Waals surface area contributed by atoms with Crippen molar-refractivity contribution >= 4 is 45.6 Å². The van der Waals surface area contributed by atoms with Gasteiger partial charge >= 0.3 is 6.03 Å². The second kappa shape index (κ2) is 13.3. The van der Waals surface area contributed by atoms with Gasteiger partial charge in [0.1, 0.15) is 12.2 Å². The third kappa shape index (κ3) is 6.53. The lowest BCUT2D eigenvalue weighted by Crippen LogP contribution is -2.47. The number of carbonyl (C=O) groups excluding carboxylic acids is 2. The number of hydrogen-bond acceptors (Lipinski definition) is 10. The molecule has 4 aromatic rings. The number of nitrogens with zero attached hydrogens (tertiary/aromatic N) is 5. The van der Waals surface area contributed by atoms with E-state index in [1.807, 2.05) is 17.0 Å². The minimum absolute atomic E-state index is 0.0719. The minimum atomic E-state index is -1.13. The number of rotatable bonds is 9. The molecule has 0 spiro atoms. The summed E-state index contributed by atoms with van der Waals surface area (Å²) in [6, 6.07) is 13.3. The molecule has 6 atom stereocenters. The van der Waals surface area contributed by atoms with E-state index in [0.29, 0.717) is 49.0 Å². The van der Waals surface area contributed by atoms with Gasteiger partial charge in [0.2, 0.25) is 11.9 Å². The zero-order valence-corrected chi connectivity index (χ0v) is 26.4. The molecule has 248 valence electrons. The van der Waals surface area contributed by atoms with Crippen LogP contribution in [0.4, 0.5) is 16.6 Å². The zero-order chi connectivity index (χ0) is 32.5. The van der Waals surface area contributed by atoms with E-state index in [2.05, 4.69) is 61.9 Å². The number of aliphatic hydroxyl groups excluding tert-OH is 2. The van der Waals surface area contributed by atoms with Crippen LogP contribution in [-0.2, 0) is 11.3 Å². The maximum atomic E-state index is 12.7. The largest absolute Gasteiger partial charge is 0.388 e. The van der Waals surface area contributed by atoms with Crippen molar-refractivity contribution in [1.82, 2.24) is 40.8 Å². The van der Waals surface area contributed by atoms with Crippen LogP contribution in [0.5, 0.6) is 0 Å². The molecule has 3 aliphatic rings. The van der Waals surface area contributed by atoms with Crippen molar-refractivity contribution in [2.24, 2.45) is 0 Å². The van der Waals surface area contributed by atoms with E-state index >= 15 is 0 Å². The van der Waals surface area contributed by atoms with Crippen LogP contribution in [0.15, 0.2) is 48.8 Å². The number of urea groups is 1. The molecule has 0 radical (unpaired) electrons. The van der Waals surface area contributed by atoms with Gasteiger partial charge in [-0.2, -0.15) is 9.97 Å². The molecule has 2 saturated heterocycles. The van der Waals surface area contributed by atoms with Gasteiger partial charge in [-0.05, 0) is 48.2 Å². The van der Waals surface area contributed by atoms with Crippen LogP contribution in [0.25, 0.3) is 21.9 Å². The second-order valence-corrected chi connectivity index (χ2v) is 12.8. The number of fused-ring (bicyclic) bond motifs is 2. The van der Waals surface area contributed by atoms with Crippen molar-refractivity contribution in [3.63, 3.8) is 0 Å². The number of aliphatic hydroxyl groups is 2. The van der Waals surface area contributed by atoms with Gasteiger partial charge in [0.25, 0.3) is 0 Å². The molecule has 2 aromatic carbocycles. The average molecular weight is 643 g/mol.